The molecule has 0 aromatic heterocycles. The minimum Gasteiger partial charge on any atom is -0.480 e. The lowest BCUT2D eigenvalue weighted by molar-refractivity contribution is -0.142. The Morgan fingerprint density at radius 3 is 1.59 bits per heavy atom. The van der Waals surface area contributed by atoms with E-state index in [1.54, 1.807) is 0 Å². The van der Waals surface area contributed by atoms with E-state index in [0.29, 0.717) is 0 Å². The molecule has 15 nitrogen and oxygen atoms in total. The molecule has 0 aromatic rings. The van der Waals surface area contributed by atoms with Gasteiger partial charge in [0, 0.05) is 0 Å². The second kappa shape index (κ2) is 13.8. The maximum atomic E-state index is 11.7. The Kier molecular flexibility index (Phi) is 12.2. The number of nitrogens with one attached hydrogen (secondary N) is 5. The summed E-state index contributed by atoms with van der Waals surface area (Å²) in [4.78, 5) is 68.0. The molecule has 2 atom stereocenters. The highest BCUT2D eigenvalue weighted by atomic mass is 16.4. The Bertz CT molecular complexity index is 627. The highest BCUT2D eigenvalue weighted by molar-refractivity contribution is 5.92. The molecule has 0 saturated heterocycles. The number of amides is 5. The van der Waals surface area contributed by atoms with Crippen LogP contribution in [0, 0.1) is 0 Å². The van der Waals surface area contributed by atoms with Crippen LogP contribution in [0.25, 0.3) is 0 Å². The van der Waals surface area contributed by atoms with Crippen molar-refractivity contribution in [2.45, 2.75) is 12.1 Å². The smallest absolute Gasteiger partial charge is 0.328 e. The minimum absolute atomic E-state index is 0.394. The highest BCUT2D eigenvalue weighted by Crippen LogP contribution is 1.84. The van der Waals surface area contributed by atoms with Crippen LogP contribution in [0.3, 0.4) is 0 Å². The zero-order valence-electron chi connectivity index (χ0n) is 15.3. The second-order valence-electron chi connectivity index (χ2n) is 5.42. The molecule has 0 aromatic carbocycles. The van der Waals surface area contributed by atoms with E-state index in [1.807, 2.05) is 5.32 Å². The van der Waals surface area contributed by atoms with Gasteiger partial charge < -0.3 is 47.6 Å². The first kappa shape index (κ1) is 25.7. The van der Waals surface area contributed by atoms with Crippen molar-refractivity contribution < 1.29 is 44.1 Å². The number of carbonyl (C=O) groups is 6. The van der Waals surface area contributed by atoms with E-state index in [0.717, 1.165) is 0 Å². The van der Waals surface area contributed by atoms with Crippen molar-refractivity contribution in [1.82, 2.24) is 26.6 Å². The van der Waals surface area contributed by atoms with Crippen LogP contribution in [0.1, 0.15) is 0 Å². The first-order chi connectivity index (χ1) is 13.6. The molecule has 0 bridgehead atoms. The SMILES string of the molecule is NCC(=O)N[C@@H](CO)C(=O)NCC(=O)NCC(=O)NCC(=O)N[C@@H](CO)C(=O)O. The number of aliphatic hydroxyl groups is 2. The first-order valence-electron chi connectivity index (χ1n) is 8.19. The van der Waals surface area contributed by atoms with Gasteiger partial charge in [-0.25, -0.2) is 4.79 Å². The topological polar surface area (TPSA) is 249 Å². The summed E-state index contributed by atoms with van der Waals surface area (Å²) < 4.78 is 0. The molecule has 0 fully saturated rings. The lowest BCUT2D eigenvalue weighted by atomic mass is 10.3. The van der Waals surface area contributed by atoms with Crippen molar-refractivity contribution in [2.24, 2.45) is 5.73 Å². The number of hydrogen-bond donors (Lipinski definition) is 9. The predicted molar refractivity (Wildman–Crippen MR) is 93.8 cm³/mol. The van der Waals surface area contributed by atoms with Crippen LogP contribution in [0.5, 0.6) is 0 Å². The van der Waals surface area contributed by atoms with Crippen LogP contribution in [0.4, 0.5) is 0 Å². The molecule has 0 aliphatic carbocycles. The van der Waals surface area contributed by atoms with Gasteiger partial charge in [0.1, 0.15) is 12.1 Å². The number of carboxylic acids is 1. The zero-order valence-corrected chi connectivity index (χ0v) is 15.3. The fourth-order valence-electron chi connectivity index (χ4n) is 1.65. The fraction of sp³-hybridized carbons (Fsp3) is 0.571. The molecule has 0 saturated carbocycles. The molecule has 0 unspecified atom stereocenters. The Balaban J connectivity index is 4.16. The largest absolute Gasteiger partial charge is 0.480 e. The average molecular weight is 420 g/mol. The Morgan fingerprint density at radius 2 is 1.14 bits per heavy atom. The number of aliphatic hydroxyl groups excluding tert-OH is 2. The molecule has 15 heteroatoms. The Morgan fingerprint density at radius 1 is 0.690 bits per heavy atom. The van der Waals surface area contributed by atoms with Crippen LogP contribution in [-0.4, -0.2) is 102 Å². The van der Waals surface area contributed by atoms with Crippen molar-refractivity contribution in [3.05, 3.63) is 0 Å². The molecule has 0 rings (SSSR count). The molecular weight excluding hydrogens is 396 g/mol. The lowest BCUT2D eigenvalue weighted by Crippen LogP contribution is -2.52. The third-order valence-electron chi connectivity index (χ3n) is 3.15. The molecule has 0 radical (unpaired) electrons. The van der Waals surface area contributed by atoms with Gasteiger partial charge in [-0.3, -0.25) is 24.0 Å². The van der Waals surface area contributed by atoms with Crippen molar-refractivity contribution in [3.8, 4) is 0 Å². The standard InChI is InChI=1S/C14H24N6O9/c15-1-9(23)19-7(5-21)13(27)18-3-11(25)16-2-10(24)17-4-12(26)20-8(6-22)14(28)29/h7-8,21-22H,1-6,15H2,(H,16,25)(H,17,24)(H,18,27)(H,19,23)(H,20,26)(H,28,29)/t7-,8-/m0/s1. The molecule has 29 heavy (non-hydrogen) atoms. The van der Waals surface area contributed by atoms with Gasteiger partial charge in [0.2, 0.25) is 29.5 Å². The van der Waals surface area contributed by atoms with Gasteiger partial charge in [-0.2, -0.15) is 0 Å². The van der Waals surface area contributed by atoms with Crippen LogP contribution in [0.15, 0.2) is 0 Å². The van der Waals surface area contributed by atoms with Gasteiger partial charge in [-0.15, -0.1) is 0 Å². The number of hydrogen-bond acceptors (Lipinski definition) is 9. The number of carboxylic acid groups (broad SMARTS) is 1. The highest BCUT2D eigenvalue weighted by Gasteiger charge is 2.20. The van der Waals surface area contributed by atoms with Crippen molar-refractivity contribution in [1.29, 1.82) is 0 Å². The van der Waals surface area contributed by atoms with E-state index < -0.39 is 87.0 Å². The van der Waals surface area contributed by atoms with Crippen molar-refractivity contribution >= 4 is 35.5 Å². The second-order valence-corrected chi connectivity index (χ2v) is 5.42. The Labute approximate surface area is 164 Å². The summed E-state index contributed by atoms with van der Waals surface area (Å²) >= 11 is 0. The monoisotopic (exact) mass is 420 g/mol. The normalized spacial score (nSPS) is 12.1. The third kappa shape index (κ3) is 11.2. The summed E-state index contributed by atoms with van der Waals surface area (Å²) in [5.41, 5.74) is 5.06. The number of nitrogens with two attached hydrogens (primary N) is 1. The Hall–Kier alpha value is -3.30. The van der Waals surface area contributed by atoms with Gasteiger partial charge >= 0.3 is 5.97 Å². The van der Waals surface area contributed by atoms with Crippen molar-refractivity contribution in [2.75, 3.05) is 39.4 Å². The van der Waals surface area contributed by atoms with E-state index in [4.69, 9.17) is 21.1 Å². The van der Waals surface area contributed by atoms with Gasteiger partial charge in [-0.05, 0) is 0 Å². The summed E-state index contributed by atoms with van der Waals surface area (Å²) in [6.45, 7) is -3.63. The third-order valence-corrected chi connectivity index (χ3v) is 3.15. The summed E-state index contributed by atoms with van der Waals surface area (Å²) in [6, 6.07) is -2.81. The molecule has 0 spiro atoms. The first-order valence-corrected chi connectivity index (χ1v) is 8.19. The molecule has 5 amide bonds. The molecule has 164 valence electrons. The molecule has 0 heterocycles. The van der Waals surface area contributed by atoms with Crippen LogP contribution < -0.4 is 32.3 Å². The molecular formula is C14H24N6O9. The molecule has 10 N–H and O–H groups in total. The summed E-state index contributed by atoms with van der Waals surface area (Å²) in [7, 11) is 0. The van der Waals surface area contributed by atoms with Crippen LogP contribution in [0.2, 0.25) is 0 Å². The fourth-order valence-corrected chi connectivity index (χ4v) is 1.65. The van der Waals surface area contributed by atoms with Gasteiger partial charge in [0.25, 0.3) is 0 Å². The van der Waals surface area contributed by atoms with Crippen molar-refractivity contribution in [3.63, 3.8) is 0 Å². The van der Waals surface area contributed by atoms with Gasteiger partial charge in [0.15, 0.2) is 0 Å². The summed E-state index contributed by atoms with van der Waals surface area (Å²) in [5, 5.41) is 36.9. The average Bonchev–Trinajstić information content (AvgIpc) is 2.70. The zero-order chi connectivity index (χ0) is 22.4. The number of aliphatic carboxylic acids is 1. The number of rotatable bonds is 13. The van der Waals surface area contributed by atoms with E-state index in [2.05, 4.69) is 21.3 Å². The lowest BCUT2D eigenvalue weighted by Gasteiger charge is -2.15. The maximum absolute atomic E-state index is 11.7. The summed E-state index contributed by atoms with van der Waals surface area (Å²) in [5.74, 6) is -5.40. The van der Waals surface area contributed by atoms with E-state index in [-0.39, 0.29) is 0 Å². The van der Waals surface area contributed by atoms with Crippen LogP contribution >= 0.6 is 0 Å². The maximum Gasteiger partial charge on any atom is 0.328 e. The van der Waals surface area contributed by atoms with E-state index in [1.165, 1.54) is 0 Å². The van der Waals surface area contributed by atoms with Gasteiger partial charge in [0.05, 0.1) is 39.4 Å². The molecule has 0 aliphatic rings. The minimum atomic E-state index is -1.51. The predicted octanol–water partition coefficient (Wildman–Crippen LogP) is -6.67. The molecule has 0 aliphatic heterocycles. The van der Waals surface area contributed by atoms with E-state index >= 15 is 0 Å². The summed E-state index contributed by atoms with van der Waals surface area (Å²) in [6.07, 6.45) is 0. The van der Waals surface area contributed by atoms with Crippen LogP contribution in [-0.2, 0) is 28.8 Å². The number of carbonyl (C=O) groups excluding carboxylic acids is 5. The van der Waals surface area contributed by atoms with Gasteiger partial charge in [-0.1, -0.05) is 0 Å². The quantitative estimate of drug-likeness (QED) is 0.136. The van der Waals surface area contributed by atoms with E-state index in [9.17, 15) is 28.8 Å².